The number of methoxy groups -OCH3 is 2. The van der Waals surface area contributed by atoms with Crippen molar-refractivity contribution in [3.63, 3.8) is 0 Å². The van der Waals surface area contributed by atoms with Crippen LogP contribution in [-0.2, 0) is 66.0 Å². The molecule has 484 valence electrons. The summed E-state index contributed by atoms with van der Waals surface area (Å²) < 4.78 is 43.9. The van der Waals surface area contributed by atoms with Gasteiger partial charge in [-0.05, 0) is 81.0 Å². The van der Waals surface area contributed by atoms with E-state index in [4.69, 9.17) is 28.4 Å². The summed E-state index contributed by atoms with van der Waals surface area (Å²) in [5.41, 5.74) is 3.58. The number of nitrogens with one attached hydrogen (secondary N) is 6. The summed E-state index contributed by atoms with van der Waals surface area (Å²) in [6.45, 7) is 4.62. The zero-order valence-electron chi connectivity index (χ0n) is 52.1. The van der Waals surface area contributed by atoms with Gasteiger partial charge < -0.3 is 92.6 Å². The van der Waals surface area contributed by atoms with Crippen LogP contribution in [0.25, 0.3) is 0 Å². The van der Waals surface area contributed by atoms with Crippen LogP contribution in [0.5, 0.6) is 11.5 Å². The van der Waals surface area contributed by atoms with Gasteiger partial charge in [-0.1, -0.05) is 12.7 Å². The van der Waals surface area contributed by atoms with Gasteiger partial charge >= 0.3 is 12.1 Å². The zero-order valence-corrected chi connectivity index (χ0v) is 52.1. The van der Waals surface area contributed by atoms with Crippen molar-refractivity contribution in [2.24, 2.45) is 42.3 Å². The lowest BCUT2D eigenvalue weighted by Crippen LogP contribution is -2.54. The largest absolute Gasteiger partial charge is 0.493 e. The third-order valence-corrected chi connectivity index (χ3v) is 15.8. The number of ether oxygens (including phenoxy) is 6. The Morgan fingerprint density at radius 2 is 1.03 bits per heavy atom. The standard InChI is InChI=1S/C63H72N14O15/c1-10-19-91-63(86)77-44-29-52(51(87-8)28-42(44)60(84)76-18-13-15-43(76)61(77)92-54-17-11-12-20-90-54)89-21-14-16-53(78)64-36-22-45(70(2)30-36)55(79)65-37-23-46(71(3)31-37)56(80)66-38-24-47(72(4)32-38)57(81)67-39-25-48(73(5)33-39)58(82)68-40-26-49(74(6)34-40)59(83)69-41-27-50(62(85)88-9)75(7)35-41/h10,22-35,43,54,61H,1,11-21H2,2-9H3,(H,64,78)(H,65,79)(H,66,80)(H,67,81)(H,68,82)(H,69,83)/t43-,54?,61-/m0/s1. The van der Waals surface area contributed by atoms with Crippen LogP contribution in [0, 0.1) is 0 Å². The van der Waals surface area contributed by atoms with Gasteiger partial charge in [-0.25, -0.2) is 14.5 Å². The average molecular weight is 1270 g/mol. The van der Waals surface area contributed by atoms with Gasteiger partial charge in [0.05, 0.1) is 72.2 Å². The highest BCUT2D eigenvalue weighted by atomic mass is 16.7. The molecule has 0 bridgehead atoms. The summed E-state index contributed by atoms with van der Waals surface area (Å²) in [4.78, 5) is 124. The van der Waals surface area contributed by atoms with Crippen molar-refractivity contribution in [2.45, 2.75) is 63.5 Å². The van der Waals surface area contributed by atoms with Gasteiger partial charge in [0.25, 0.3) is 35.4 Å². The van der Waals surface area contributed by atoms with Gasteiger partial charge in [0.1, 0.15) is 40.8 Å². The van der Waals surface area contributed by atoms with Crippen LogP contribution in [-0.4, -0.2) is 145 Å². The molecule has 8 amide bonds. The van der Waals surface area contributed by atoms with E-state index in [2.05, 4.69) is 38.5 Å². The van der Waals surface area contributed by atoms with Gasteiger partial charge in [0.15, 0.2) is 24.0 Å². The van der Waals surface area contributed by atoms with E-state index in [0.717, 1.165) is 12.8 Å². The SMILES string of the molecule is C=CCOC(=O)N1c2cc(OCCCC(=O)Nc3cc(C(=O)Nc4cc(C(=O)Nc5cc(C(=O)Nc6cc(C(=O)Nc7cc(C(=O)Nc8cc(C(=O)OC)n(C)c8)n(C)c7)n(C)c6)n(C)c5)n(C)c4)n(C)c3)c(OC)cc2C(=O)N2CCC[C@H]2[C@@H]1OC1CCCCO1. The molecule has 3 atom stereocenters. The minimum absolute atomic E-state index is 0.0178. The highest BCUT2D eigenvalue weighted by Gasteiger charge is 2.48. The number of aryl methyl sites for hydroxylation is 6. The molecule has 29 nitrogen and oxygen atoms in total. The summed E-state index contributed by atoms with van der Waals surface area (Å²) in [5, 5.41) is 16.7. The third kappa shape index (κ3) is 14.0. The smallest absolute Gasteiger partial charge is 0.416 e. The molecular formula is C63H72N14O15. The molecule has 0 aliphatic carbocycles. The molecule has 9 heterocycles. The second-order valence-corrected chi connectivity index (χ2v) is 22.4. The number of carbonyl (C=O) groups excluding carboxylic acids is 9. The topological polar surface area (TPSA) is 317 Å². The van der Waals surface area contributed by atoms with Crippen molar-refractivity contribution in [3.8, 4) is 11.5 Å². The van der Waals surface area contributed by atoms with E-state index in [1.807, 2.05) is 0 Å². The fraction of sp³-hybridized carbons (Fsp3) is 0.349. The Balaban J connectivity index is 0.706. The van der Waals surface area contributed by atoms with Crippen LogP contribution in [0.2, 0.25) is 0 Å². The molecule has 6 aromatic heterocycles. The fourth-order valence-corrected chi connectivity index (χ4v) is 11.4. The lowest BCUT2D eigenvalue weighted by molar-refractivity contribution is -0.195. The average Bonchev–Trinajstić information content (AvgIpc) is 1.56. The van der Waals surface area contributed by atoms with Gasteiger partial charge in [-0.2, -0.15) is 0 Å². The maximum atomic E-state index is 14.2. The Morgan fingerprint density at radius 3 is 1.47 bits per heavy atom. The second-order valence-electron chi connectivity index (χ2n) is 22.4. The second kappa shape index (κ2) is 27.5. The number of hydrogen-bond donors (Lipinski definition) is 6. The molecule has 2 fully saturated rings. The van der Waals surface area contributed by atoms with E-state index in [0.29, 0.717) is 66.5 Å². The molecule has 3 aliphatic rings. The lowest BCUT2D eigenvalue weighted by atomic mass is 10.1. The molecule has 10 rings (SSSR count). The highest BCUT2D eigenvalue weighted by molar-refractivity contribution is 6.11. The molecule has 29 heteroatoms. The number of aromatic nitrogens is 6. The summed E-state index contributed by atoms with van der Waals surface area (Å²) in [6.07, 6.45) is 12.5. The molecule has 0 spiro atoms. The maximum absolute atomic E-state index is 14.2. The Labute approximate surface area is 528 Å². The van der Waals surface area contributed by atoms with E-state index in [-0.39, 0.29) is 94.8 Å². The van der Waals surface area contributed by atoms with E-state index in [1.165, 1.54) is 90.5 Å². The van der Waals surface area contributed by atoms with E-state index < -0.39 is 60.2 Å². The van der Waals surface area contributed by atoms with Crippen molar-refractivity contribution in [3.05, 3.63) is 138 Å². The Bertz CT molecular complexity index is 4040. The number of benzene rings is 1. The summed E-state index contributed by atoms with van der Waals surface area (Å²) in [6, 6.07) is 11.6. The predicted molar refractivity (Wildman–Crippen MR) is 336 cm³/mol. The van der Waals surface area contributed by atoms with Crippen LogP contribution in [0.4, 0.5) is 44.6 Å². The monoisotopic (exact) mass is 1260 g/mol. The molecule has 6 N–H and O–H groups in total. The number of esters is 1. The quantitative estimate of drug-likeness (QED) is 0.0222. The van der Waals surface area contributed by atoms with Crippen molar-refractivity contribution in [1.82, 2.24) is 32.3 Å². The van der Waals surface area contributed by atoms with Gasteiger partial charge in [-0.15, -0.1) is 0 Å². The van der Waals surface area contributed by atoms with Crippen LogP contribution < -0.4 is 46.3 Å². The first-order valence-electron chi connectivity index (χ1n) is 29.5. The first-order valence-corrected chi connectivity index (χ1v) is 29.5. The molecule has 92 heavy (non-hydrogen) atoms. The summed E-state index contributed by atoms with van der Waals surface area (Å²) >= 11 is 0. The van der Waals surface area contributed by atoms with E-state index in [1.54, 1.807) is 95.0 Å². The number of carbonyl (C=O) groups is 9. The molecule has 3 aliphatic heterocycles. The Kier molecular flexibility index (Phi) is 19.2. The molecule has 1 aromatic carbocycles. The highest BCUT2D eigenvalue weighted by Crippen LogP contribution is 2.43. The normalized spacial score (nSPS) is 16.0. The molecule has 0 radical (unpaired) electrons. The number of anilines is 7. The Hall–Kier alpha value is -10.8. The summed E-state index contributed by atoms with van der Waals surface area (Å²) in [7, 11) is 12.5. The van der Waals surface area contributed by atoms with Crippen molar-refractivity contribution in [2.75, 3.05) is 77.4 Å². The number of hydrogen-bond acceptors (Lipinski definition) is 15. The van der Waals surface area contributed by atoms with Crippen molar-refractivity contribution < 1.29 is 71.6 Å². The van der Waals surface area contributed by atoms with Crippen LogP contribution in [0.15, 0.2) is 98.4 Å². The van der Waals surface area contributed by atoms with E-state index in [9.17, 15) is 43.2 Å². The zero-order chi connectivity index (χ0) is 65.7. The first-order chi connectivity index (χ1) is 44.1. The van der Waals surface area contributed by atoms with Crippen LogP contribution in [0.1, 0.15) is 118 Å². The fourth-order valence-electron chi connectivity index (χ4n) is 11.4. The number of rotatable bonds is 22. The van der Waals surface area contributed by atoms with Crippen LogP contribution in [0.3, 0.4) is 0 Å². The number of fused-ring (bicyclic) bond motifs is 2. The first kappa shape index (κ1) is 64.2. The van der Waals surface area contributed by atoms with Gasteiger partial charge in [0, 0.05) is 105 Å². The molecule has 2 saturated heterocycles. The maximum Gasteiger partial charge on any atom is 0.416 e. The Morgan fingerprint density at radius 1 is 0.576 bits per heavy atom. The minimum atomic E-state index is -0.934. The predicted octanol–water partition coefficient (Wildman–Crippen LogP) is 7.19. The third-order valence-electron chi connectivity index (χ3n) is 15.8. The minimum Gasteiger partial charge on any atom is -0.493 e. The van der Waals surface area contributed by atoms with Crippen LogP contribution >= 0.6 is 0 Å². The van der Waals surface area contributed by atoms with Gasteiger partial charge in [-0.3, -0.25) is 33.6 Å². The van der Waals surface area contributed by atoms with Crippen molar-refractivity contribution in [1.29, 1.82) is 0 Å². The summed E-state index contributed by atoms with van der Waals surface area (Å²) in [5.74, 6) is -3.37. The van der Waals surface area contributed by atoms with E-state index >= 15 is 0 Å². The number of nitrogens with zero attached hydrogens (tertiary/aromatic N) is 8. The number of amides is 8. The van der Waals surface area contributed by atoms with Crippen molar-refractivity contribution >= 4 is 93.2 Å². The molecule has 1 unspecified atom stereocenters. The lowest BCUT2D eigenvalue weighted by Gasteiger charge is -2.38. The van der Waals surface area contributed by atoms with Gasteiger partial charge in [0.2, 0.25) is 5.91 Å². The molecule has 0 saturated carbocycles. The molecule has 7 aromatic rings. The molecular weight excluding hydrogens is 1190 g/mol.